The molecule has 13 heavy (non-hydrogen) atoms. The fourth-order valence-electron chi connectivity index (χ4n) is 1.02. The van der Waals surface area contributed by atoms with Gasteiger partial charge in [0.2, 0.25) is 0 Å². The summed E-state index contributed by atoms with van der Waals surface area (Å²) in [5, 5.41) is 0. The summed E-state index contributed by atoms with van der Waals surface area (Å²) in [6, 6.07) is 6.12. The zero-order valence-corrected chi connectivity index (χ0v) is 10.8. The first kappa shape index (κ1) is 15.5. The number of aryl methyl sites for hydroxylation is 1. The van der Waals surface area contributed by atoms with Crippen LogP contribution in [-0.4, -0.2) is 6.54 Å². The lowest BCUT2D eigenvalue weighted by molar-refractivity contribution is -0.697. The van der Waals surface area contributed by atoms with Crippen molar-refractivity contribution < 1.29 is 21.5 Å². The summed E-state index contributed by atoms with van der Waals surface area (Å²) in [6.45, 7) is 1.88. The van der Waals surface area contributed by atoms with Gasteiger partial charge >= 0.3 is 0 Å². The number of hydrogen-bond donors (Lipinski definition) is 1. The van der Waals surface area contributed by atoms with Gasteiger partial charge in [-0.1, -0.05) is 6.07 Å². The highest BCUT2D eigenvalue weighted by atomic mass is 79.9. The van der Waals surface area contributed by atoms with Crippen molar-refractivity contribution in [1.29, 1.82) is 0 Å². The molecule has 0 aliphatic carbocycles. The Morgan fingerprint density at radius 3 is 2.15 bits per heavy atom. The number of pyridine rings is 1. The second kappa shape index (κ2) is 10.2. The van der Waals surface area contributed by atoms with Gasteiger partial charge in [-0.25, -0.2) is 4.57 Å². The molecule has 4 heteroatoms. The monoisotopic (exact) mass is 310 g/mol. The Morgan fingerprint density at radius 1 is 1.00 bits per heavy atom. The van der Waals surface area contributed by atoms with Gasteiger partial charge in [0.25, 0.3) is 0 Å². The molecule has 0 amide bonds. The standard InChI is InChI=1S/C9H15N2.2BrH/c10-6-2-5-9-11-7-3-1-4-8-11;;/h1,3-4,7-8H,2,5-6,9-10H2;2*1H/q+1;;/p-1. The van der Waals surface area contributed by atoms with Crippen LogP contribution in [0.5, 0.6) is 0 Å². The molecule has 0 atom stereocenters. The van der Waals surface area contributed by atoms with E-state index in [-0.39, 0.29) is 34.0 Å². The molecule has 1 rings (SSSR count). The molecule has 0 saturated carbocycles. The van der Waals surface area contributed by atoms with E-state index in [1.54, 1.807) is 0 Å². The van der Waals surface area contributed by atoms with Crippen LogP contribution < -0.4 is 27.3 Å². The Hall–Kier alpha value is 0.0700. The molecule has 0 bridgehead atoms. The van der Waals surface area contributed by atoms with Crippen LogP contribution in [0, 0.1) is 0 Å². The lowest BCUT2D eigenvalue weighted by Crippen LogP contribution is -3.00. The first-order chi connectivity index (χ1) is 5.43. The first-order valence-electron chi connectivity index (χ1n) is 4.07. The van der Waals surface area contributed by atoms with Gasteiger partial charge in [-0.05, 0) is 13.0 Å². The fourth-order valence-corrected chi connectivity index (χ4v) is 1.02. The van der Waals surface area contributed by atoms with Crippen LogP contribution in [0.3, 0.4) is 0 Å². The number of aromatic nitrogens is 1. The van der Waals surface area contributed by atoms with E-state index in [0.717, 1.165) is 19.5 Å². The number of hydrogen-bond acceptors (Lipinski definition) is 1. The van der Waals surface area contributed by atoms with Gasteiger partial charge in [-0.2, -0.15) is 0 Å². The highest BCUT2D eigenvalue weighted by Crippen LogP contribution is 1.85. The Balaban J connectivity index is 0. The molecule has 0 aromatic carbocycles. The minimum Gasteiger partial charge on any atom is -1.00 e. The zero-order valence-electron chi connectivity index (χ0n) is 7.53. The van der Waals surface area contributed by atoms with Crippen molar-refractivity contribution in [2.45, 2.75) is 19.4 Å². The SMILES string of the molecule is Br.NCCCC[n+]1ccccc1.[Br-]. The van der Waals surface area contributed by atoms with Crippen LogP contribution in [-0.2, 0) is 6.54 Å². The predicted molar refractivity (Wildman–Crippen MR) is 55.2 cm³/mol. The molecule has 0 spiro atoms. The smallest absolute Gasteiger partial charge is 0.168 e. The molecule has 0 unspecified atom stereocenters. The van der Waals surface area contributed by atoms with E-state index in [1.807, 2.05) is 18.2 Å². The van der Waals surface area contributed by atoms with E-state index in [0.29, 0.717) is 0 Å². The predicted octanol–water partition coefficient (Wildman–Crippen LogP) is -1.71. The van der Waals surface area contributed by atoms with Gasteiger partial charge in [-0.15, -0.1) is 17.0 Å². The molecule has 76 valence electrons. The van der Waals surface area contributed by atoms with Gasteiger partial charge < -0.3 is 22.7 Å². The van der Waals surface area contributed by atoms with Crippen molar-refractivity contribution in [2.75, 3.05) is 6.54 Å². The Labute approximate surface area is 101 Å². The molecule has 2 nitrogen and oxygen atoms in total. The van der Waals surface area contributed by atoms with Crippen LogP contribution >= 0.6 is 17.0 Å². The Morgan fingerprint density at radius 2 is 1.62 bits per heavy atom. The highest BCUT2D eigenvalue weighted by Gasteiger charge is 1.94. The van der Waals surface area contributed by atoms with E-state index in [1.165, 1.54) is 6.42 Å². The second-order valence-electron chi connectivity index (χ2n) is 2.61. The van der Waals surface area contributed by atoms with Crippen LogP contribution in [0.25, 0.3) is 0 Å². The van der Waals surface area contributed by atoms with Gasteiger partial charge in [0, 0.05) is 18.6 Å². The maximum absolute atomic E-state index is 5.38. The van der Waals surface area contributed by atoms with E-state index < -0.39 is 0 Å². The summed E-state index contributed by atoms with van der Waals surface area (Å²) in [5.74, 6) is 0. The summed E-state index contributed by atoms with van der Waals surface area (Å²) in [5.41, 5.74) is 5.38. The molecule has 1 aromatic heterocycles. The average molecular weight is 312 g/mol. The van der Waals surface area contributed by atoms with Crippen molar-refractivity contribution in [3.8, 4) is 0 Å². The minimum atomic E-state index is 0. The summed E-state index contributed by atoms with van der Waals surface area (Å²) < 4.78 is 2.18. The number of nitrogens with two attached hydrogens (primary N) is 1. The minimum absolute atomic E-state index is 0. The third kappa shape index (κ3) is 7.16. The first-order valence-corrected chi connectivity index (χ1v) is 4.07. The number of halogens is 2. The lowest BCUT2D eigenvalue weighted by atomic mass is 10.3. The van der Waals surface area contributed by atoms with Gasteiger partial charge in [0.1, 0.15) is 6.54 Å². The number of unbranched alkanes of at least 4 members (excludes halogenated alkanes) is 1. The van der Waals surface area contributed by atoms with E-state index in [2.05, 4.69) is 17.0 Å². The van der Waals surface area contributed by atoms with E-state index in [4.69, 9.17) is 5.73 Å². The fraction of sp³-hybridized carbons (Fsp3) is 0.444. The molecule has 0 saturated heterocycles. The van der Waals surface area contributed by atoms with E-state index in [9.17, 15) is 0 Å². The zero-order chi connectivity index (χ0) is 7.94. The highest BCUT2D eigenvalue weighted by molar-refractivity contribution is 8.93. The maximum Gasteiger partial charge on any atom is 0.168 e. The Kier molecular flexibility index (Phi) is 12.1. The van der Waals surface area contributed by atoms with Gasteiger partial charge in [-0.3, -0.25) is 0 Å². The summed E-state index contributed by atoms with van der Waals surface area (Å²) in [7, 11) is 0. The van der Waals surface area contributed by atoms with Crippen LogP contribution in [0.15, 0.2) is 30.6 Å². The molecule has 0 fully saturated rings. The number of nitrogens with zero attached hydrogens (tertiary/aromatic N) is 1. The molecular weight excluding hydrogens is 296 g/mol. The molecule has 0 aliphatic rings. The summed E-state index contributed by atoms with van der Waals surface area (Å²) in [6.07, 6.45) is 6.44. The normalized spacial score (nSPS) is 8.38. The average Bonchev–Trinajstić information content (AvgIpc) is 2.07. The van der Waals surface area contributed by atoms with Crippen molar-refractivity contribution in [3.05, 3.63) is 30.6 Å². The third-order valence-corrected chi connectivity index (χ3v) is 1.65. The number of rotatable bonds is 4. The third-order valence-electron chi connectivity index (χ3n) is 1.65. The maximum atomic E-state index is 5.38. The quantitative estimate of drug-likeness (QED) is 0.521. The van der Waals surface area contributed by atoms with E-state index >= 15 is 0 Å². The van der Waals surface area contributed by atoms with Gasteiger partial charge in [0.05, 0.1) is 0 Å². The van der Waals surface area contributed by atoms with Crippen molar-refractivity contribution in [1.82, 2.24) is 0 Å². The molecule has 1 aromatic rings. The van der Waals surface area contributed by atoms with Gasteiger partial charge in [0.15, 0.2) is 12.4 Å². The van der Waals surface area contributed by atoms with Crippen LogP contribution in [0.4, 0.5) is 0 Å². The van der Waals surface area contributed by atoms with Crippen LogP contribution in [0.2, 0.25) is 0 Å². The molecule has 0 aliphatic heterocycles. The molecule has 1 heterocycles. The summed E-state index contributed by atoms with van der Waals surface area (Å²) >= 11 is 0. The topological polar surface area (TPSA) is 29.9 Å². The lowest BCUT2D eigenvalue weighted by Gasteiger charge is -1.93. The molecule has 0 radical (unpaired) electrons. The summed E-state index contributed by atoms with van der Waals surface area (Å²) in [4.78, 5) is 0. The Bertz CT molecular complexity index is 192. The van der Waals surface area contributed by atoms with Crippen molar-refractivity contribution >= 4 is 17.0 Å². The largest absolute Gasteiger partial charge is 1.00 e. The van der Waals surface area contributed by atoms with Crippen LogP contribution in [0.1, 0.15) is 12.8 Å². The second-order valence-corrected chi connectivity index (χ2v) is 2.61. The van der Waals surface area contributed by atoms with Crippen molar-refractivity contribution in [2.24, 2.45) is 5.73 Å². The molecular formula is C9H16Br2N2. The van der Waals surface area contributed by atoms with Crippen molar-refractivity contribution in [3.63, 3.8) is 0 Å². The molecule has 2 N–H and O–H groups in total.